The van der Waals surface area contributed by atoms with Crippen LogP contribution in [-0.2, 0) is 14.3 Å². The minimum atomic E-state index is -0.664. The normalized spacial score (nSPS) is 12.6. The number of aliphatic hydroxyl groups excluding tert-OH is 2. The predicted molar refractivity (Wildman–Crippen MR) is 292 cm³/mol. The fourth-order valence-corrected chi connectivity index (χ4v) is 9.64. The number of amides is 1. The lowest BCUT2D eigenvalue weighted by atomic mass is 10.0. The molecule has 0 aromatic rings. The molecule has 3 N–H and O–H groups in total. The van der Waals surface area contributed by atoms with Crippen molar-refractivity contribution in [3.8, 4) is 0 Å². The highest BCUT2D eigenvalue weighted by molar-refractivity contribution is 5.76. The number of allylic oxidation sites excluding steroid dienone is 2. The van der Waals surface area contributed by atoms with Gasteiger partial charge in [0.2, 0.25) is 5.91 Å². The highest BCUT2D eigenvalue weighted by atomic mass is 16.5. The van der Waals surface area contributed by atoms with E-state index >= 15 is 0 Å². The average Bonchev–Trinajstić information content (AvgIpc) is 3.33. The van der Waals surface area contributed by atoms with Gasteiger partial charge in [0.15, 0.2) is 0 Å². The molecule has 0 aromatic heterocycles. The summed E-state index contributed by atoms with van der Waals surface area (Å²) >= 11 is 0. The molecule has 0 saturated carbocycles. The van der Waals surface area contributed by atoms with E-state index < -0.39 is 12.1 Å². The van der Waals surface area contributed by atoms with Gasteiger partial charge in [-0.25, -0.2) is 0 Å². The first-order chi connectivity index (χ1) is 33.0. The van der Waals surface area contributed by atoms with Gasteiger partial charge in [-0.3, -0.25) is 9.59 Å². The van der Waals surface area contributed by atoms with Gasteiger partial charge in [-0.2, -0.15) is 0 Å². The zero-order valence-corrected chi connectivity index (χ0v) is 45.4. The Kier molecular flexibility index (Phi) is 56.0. The van der Waals surface area contributed by atoms with Crippen LogP contribution in [0.4, 0.5) is 0 Å². The highest BCUT2D eigenvalue weighted by Crippen LogP contribution is 2.18. The highest BCUT2D eigenvalue weighted by Gasteiger charge is 2.20. The van der Waals surface area contributed by atoms with E-state index in [1.165, 1.54) is 263 Å². The number of ether oxygens (including phenoxy) is 1. The third kappa shape index (κ3) is 53.8. The zero-order valence-electron chi connectivity index (χ0n) is 45.4. The molecule has 0 heterocycles. The fourth-order valence-electron chi connectivity index (χ4n) is 9.64. The van der Waals surface area contributed by atoms with E-state index in [0.29, 0.717) is 25.9 Å². The molecule has 6 heteroatoms. The van der Waals surface area contributed by atoms with Crippen molar-refractivity contribution in [1.29, 1.82) is 0 Å². The molecule has 398 valence electrons. The number of rotatable bonds is 57. The van der Waals surface area contributed by atoms with Crippen LogP contribution in [0.2, 0.25) is 0 Å². The summed E-state index contributed by atoms with van der Waals surface area (Å²) in [6.07, 6.45) is 67.8. The quantitative estimate of drug-likeness (QED) is 0.0321. The number of hydrogen-bond donors (Lipinski definition) is 3. The number of unbranched alkanes of at least 4 members (excludes halogenated alkanes) is 44. The van der Waals surface area contributed by atoms with Crippen molar-refractivity contribution in [2.45, 2.75) is 353 Å². The van der Waals surface area contributed by atoms with Gasteiger partial charge in [0.05, 0.1) is 25.4 Å². The fraction of sp³-hybridized carbons (Fsp3) is 0.934. The van der Waals surface area contributed by atoms with Crippen molar-refractivity contribution in [3.63, 3.8) is 0 Å². The lowest BCUT2D eigenvalue weighted by Gasteiger charge is -2.22. The summed E-state index contributed by atoms with van der Waals surface area (Å²) in [7, 11) is 0. The summed E-state index contributed by atoms with van der Waals surface area (Å²) in [6.45, 7) is 4.96. The Morgan fingerprint density at radius 2 is 0.701 bits per heavy atom. The average molecular weight is 947 g/mol. The number of esters is 1. The molecule has 0 rings (SSSR count). The van der Waals surface area contributed by atoms with E-state index in [1.54, 1.807) is 0 Å². The molecule has 0 aliphatic carbocycles. The van der Waals surface area contributed by atoms with Crippen LogP contribution in [0.5, 0.6) is 0 Å². The van der Waals surface area contributed by atoms with E-state index in [0.717, 1.165) is 44.9 Å². The van der Waals surface area contributed by atoms with Gasteiger partial charge in [-0.05, 0) is 51.4 Å². The third-order valence-electron chi connectivity index (χ3n) is 14.3. The number of aliphatic hydroxyl groups is 2. The Balaban J connectivity index is 3.37. The summed E-state index contributed by atoms with van der Waals surface area (Å²) < 4.78 is 5.48. The molecule has 0 saturated heterocycles. The Morgan fingerprint density at radius 3 is 1.06 bits per heavy atom. The van der Waals surface area contributed by atoms with Crippen molar-refractivity contribution in [2.75, 3.05) is 13.2 Å². The summed E-state index contributed by atoms with van der Waals surface area (Å²) in [5.41, 5.74) is 0. The van der Waals surface area contributed by atoms with Crippen LogP contribution < -0.4 is 5.32 Å². The second-order valence-electron chi connectivity index (χ2n) is 21.0. The van der Waals surface area contributed by atoms with Crippen LogP contribution in [0.25, 0.3) is 0 Å². The van der Waals surface area contributed by atoms with Crippen LogP contribution in [0.15, 0.2) is 12.2 Å². The monoisotopic (exact) mass is 946 g/mol. The molecule has 1 amide bonds. The van der Waals surface area contributed by atoms with Crippen LogP contribution in [0.3, 0.4) is 0 Å². The summed E-state index contributed by atoms with van der Waals surface area (Å²) in [5.74, 6) is -0.0294. The van der Waals surface area contributed by atoms with Gasteiger partial charge in [0.25, 0.3) is 0 Å². The van der Waals surface area contributed by atoms with Gasteiger partial charge in [0.1, 0.15) is 0 Å². The molecule has 2 unspecified atom stereocenters. The maximum Gasteiger partial charge on any atom is 0.305 e. The minimum absolute atomic E-state index is 0.00472. The molecule has 67 heavy (non-hydrogen) atoms. The molecule has 6 nitrogen and oxygen atoms in total. The standard InChI is InChI=1S/C61H119NO5/c1-3-5-7-9-11-13-15-17-26-31-35-39-43-47-51-55-61(66)67-56-52-48-44-40-36-32-28-25-23-21-19-20-22-24-27-30-34-38-42-46-50-54-60(65)62-58(57-63)59(64)53-49-45-41-37-33-29-18-16-14-12-10-8-6-4-2/h17,26,58-59,63-64H,3-16,18-25,27-57H2,1-2H3,(H,62,65)/b26-17-. The van der Waals surface area contributed by atoms with Crippen molar-refractivity contribution in [2.24, 2.45) is 0 Å². The van der Waals surface area contributed by atoms with Crippen molar-refractivity contribution in [1.82, 2.24) is 5.32 Å². The molecule has 0 aliphatic rings. The van der Waals surface area contributed by atoms with Crippen LogP contribution in [0, 0.1) is 0 Å². The Hall–Kier alpha value is -1.40. The van der Waals surface area contributed by atoms with E-state index in [-0.39, 0.29) is 18.5 Å². The molecule has 0 radical (unpaired) electrons. The van der Waals surface area contributed by atoms with Crippen LogP contribution in [0.1, 0.15) is 341 Å². The molecule has 0 bridgehead atoms. The largest absolute Gasteiger partial charge is 0.466 e. The van der Waals surface area contributed by atoms with Crippen molar-refractivity contribution in [3.05, 3.63) is 12.2 Å². The maximum absolute atomic E-state index is 12.5. The molecule has 0 aliphatic heterocycles. The maximum atomic E-state index is 12.5. The van der Waals surface area contributed by atoms with Crippen molar-refractivity contribution < 1.29 is 24.5 Å². The number of carbonyl (C=O) groups excluding carboxylic acids is 2. The van der Waals surface area contributed by atoms with Gasteiger partial charge in [-0.1, -0.05) is 289 Å². The summed E-state index contributed by atoms with van der Waals surface area (Å²) in [5, 5.41) is 23.3. The van der Waals surface area contributed by atoms with Gasteiger partial charge < -0.3 is 20.3 Å². The Morgan fingerprint density at radius 1 is 0.403 bits per heavy atom. The van der Waals surface area contributed by atoms with Crippen LogP contribution in [-0.4, -0.2) is 47.4 Å². The van der Waals surface area contributed by atoms with Gasteiger partial charge in [-0.15, -0.1) is 0 Å². The molecule has 0 fully saturated rings. The van der Waals surface area contributed by atoms with E-state index in [9.17, 15) is 19.8 Å². The van der Waals surface area contributed by atoms with Gasteiger partial charge in [0, 0.05) is 12.8 Å². The summed E-state index contributed by atoms with van der Waals surface area (Å²) in [6, 6.07) is -0.541. The van der Waals surface area contributed by atoms with Gasteiger partial charge >= 0.3 is 5.97 Å². The molecular weight excluding hydrogens is 827 g/mol. The van der Waals surface area contributed by atoms with E-state index in [2.05, 4.69) is 31.3 Å². The topological polar surface area (TPSA) is 95.9 Å². The lowest BCUT2D eigenvalue weighted by Crippen LogP contribution is -2.45. The first-order valence-electron chi connectivity index (χ1n) is 30.4. The lowest BCUT2D eigenvalue weighted by molar-refractivity contribution is -0.143. The van der Waals surface area contributed by atoms with Crippen LogP contribution >= 0.6 is 0 Å². The number of nitrogens with one attached hydrogen (secondary N) is 1. The van der Waals surface area contributed by atoms with Crippen molar-refractivity contribution >= 4 is 11.9 Å². The molecular formula is C61H119NO5. The number of hydrogen-bond acceptors (Lipinski definition) is 5. The Bertz CT molecular complexity index is 1000. The second kappa shape index (κ2) is 57.2. The zero-order chi connectivity index (χ0) is 48.6. The second-order valence-corrected chi connectivity index (χ2v) is 21.0. The predicted octanol–water partition coefficient (Wildman–Crippen LogP) is 18.9. The minimum Gasteiger partial charge on any atom is -0.466 e. The Labute approximate surface area is 419 Å². The molecule has 0 aromatic carbocycles. The van der Waals surface area contributed by atoms with E-state index in [1.807, 2.05) is 0 Å². The molecule has 2 atom stereocenters. The first kappa shape index (κ1) is 65.6. The SMILES string of the molecule is CCCCCCCC/C=C\CCCCCCCC(=O)OCCCCCCCCCCCCCCCCCCCCCCCC(=O)NC(CO)C(O)CCCCCCCCCCCCCCCC. The number of carbonyl (C=O) groups is 2. The smallest absolute Gasteiger partial charge is 0.305 e. The first-order valence-corrected chi connectivity index (χ1v) is 30.4. The third-order valence-corrected chi connectivity index (χ3v) is 14.3. The summed E-state index contributed by atoms with van der Waals surface area (Å²) in [4.78, 5) is 24.5. The van der Waals surface area contributed by atoms with E-state index in [4.69, 9.17) is 4.74 Å². The molecule has 0 spiro atoms.